The molecular weight excluding hydrogens is 382 g/mol. The van der Waals surface area contributed by atoms with Crippen molar-refractivity contribution in [3.63, 3.8) is 0 Å². The number of fused-ring (bicyclic) bond motifs is 1. The van der Waals surface area contributed by atoms with Crippen molar-refractivity contribution >= 4 is 27.7 Å². The number of rotatable bonds is 6. The molecule has 1 aliphatic rings. The summed E-state index contributed by atoms with van der Waals surface area (Å²) < 4.78 is 31.4. The molecule has 0 unspecified atom stereocenters. The quantitative estimate of drug-likeness (QED) is 0.700. The van der Waals surface area contributed by atoms with Crippen LogP contribution in [0.5, 0.6) is 0 Å². The molecule has 1 amide bonds. The summed E-state index contributed by atoms with van der Waals surface area (Å²) in [4.78, 5) is 28.1. The maximum absolute atomic E-state index is 12.1. The highest BCUT2D eigenvalue weighted by molar-refractivity contribution is 7.90. The van der Waals surface area contributed by atoms with E-state index in [4.69, 9.17) is 4.74 Å². The molecule has 3 rings (SSSR count). The van der Waals surface area contributed by atoms with Crippen LogP contribution in [-0.4, -0.2) is 38.8 Å². The smallest absolute Gasteiger partial charge is 0.331 e. The predicted octanol–water partition coefficient (Wildman–Crippen LogP) is 0.973. The zero-order chi connectivity index (χ0) is 20.1. The molecule has 146 valence electrons. The maximum atomic E-state index is 12.1. The molecule has 0 bridgehead atoms. The minimum Gasteiger partial charge on any atom is -0.454 e. The Bertz CT molecular complexity index is 1020. The Morgan fingerprint density at radius 1 is 1.11 bits per heavy atom. The van der Waals surface area contributed by atoms with Crippen LogP contribution in [0.3, 0.4) is 0 Å². The van der Waals surface area contributed by atoms with E-state index < -0.39 is 34.5 Å². The third-order valence-electron chi connectivity index (χ3n) is 4.00. The molecule has 8 nitrogen and oxygen atoms in total. The number of hydrogen-bond acceptors (Lipinski definition) is 6. The molecule has 2 N–H and O–H groups in total. The zero-order valence-electron chi connectivity index (χ0n) is 15.1. The van der Waals surface area contributed by atoms with Gasteiger partial charge >= 0.3 is 5.97 Å². The van der Waals surface area contributed by atoms with Gasteiger partial charge in [-0.2, -0.15) is 0 Å². The number of nitrogens with zero attached hydrogens (tertiary/aromatic N) is 1. The maximum Gasteiger partial charge on any atom is 0.331 e. The van der Waals surface area contributed by atoms with E-state index in [0.29, 0.717) is 12.1 Å². The van der Waals surface area contributed by atoms with Crippen LogP contribution in [0, 0.1) is 0 Å². The first-order valence-corrected chi connectivity index (χ1v) is 10.0. The number of aliphatic imine (C=N–C) groups is 1. The normalized spacial score (nSPS) is 16.7. The van der Waals surface area contributed by atoms with Gasteiger partial charge in [0.15, 0.2) is 6.61 Å². The number of amides is 1. The average Bonchev–Trinajstić information content (AvgIpc) is 2.95. The third-order valence-corrected chi connectivity index (χ3v) is 5.40. The number of amidine groups is 1. The molecule has 0 aromatic heterocycles. The largest absolute Gasteiger partial charge is 0.454 e. The molecule has 0 fully saturated rings. The van der Waals surface area contributed by atoms with Gasteiger partial charge in [-0.05, 0) is 24.6 Å². The molecule has 0 spiro atoms. The summed E-state index contributed by atoms with van der Waals surface area (Å²) in [5.41, 5.74) is 1.32. The number of hydrogen-bond donors (Lipinski definition) is 2. The lowest BCUT2D eigenvalue weighted by Gasteiger charge is -2.09. The van der Waals surface area contributed by atoms with Gasteiger partial charge in [0.1, 0.15) is 11.9 Å². The van der Waals surface area contributed by atoms with Crippen LogP contribution in [0.1, 0.15) is 18.1 Å². The average molecular weight is 401 g/mol. The van der Waals surface area contributed by atoms with E-state index in [1.54, 1.807) is 18.2 Å². The highest BCUT2D eigenvalue weighted by atomic mass is 32.2. The van der Waals surface area contributed by atoms with Crippen LogP contribution in [0.2, 0.25) is 0 Å². The van der Waals surface area contributed by atoms with E-state index in [-0.39, 0.29) is 10.7 Å². The minimum atomic E-state index is -3.68. The SMILES string of the molecule is C[C@H](N=C1NS(=O)(=O)c2ccccc21)C(=O)OCC(=O)NCc1ccccc1. The van der Waals surface area contributed by atoms with Gasteiger partial charge in [-0.3, -0.25) is 14.5 Å². The van der Waals surface area contributed by atoms with Crippen molar-refractivity contribution in [3.8, 4) is 0 Å². The Kier molecular flexibility index (Phi) is 5.74. The standard InChI is InChI=1S/C19H19N3O5S/c1-13(21-18-15-9-5-6-10-16(15)28(25,26)22-18)19(24)27-12-17(23)20-11-14-7-3-2-4-8-14/h2-10,13H,11-12H2,1H3,(H,20,23)(H,21,22)/t13-/m0/s1. The van der Waals surface area contributed by atoms with E-state index in [1.165, 1.54) is 13.0 Å². The molecule has 9 heteroatoms. The molecule has 0 saturated carbocycles. The summed E-state index contributed by atoms with van der Waals surface area (Å²) >= 11 is 0. The van der Waals surface area contributed by atoms with Crippen molar-refractivity contribution in [1.82, 2.24) is 10.0 Å². The number of nitrogens with one attached hydrogen (secondary N) is 2. The van der Waals surface area contributed by atoms with Gasteiger partial charge < -0.3 is 10.1 Å². The number of carbonyl (C=O) groups is 2. The van der Waals surface area contributed by atoms with Crippen molar-refractivity contribution in [2.75, 3.05) is 6.61 Å². The van der Waals surface area contributed by atoms with Crippen molar-refractivity contribution in [2.45, 2.75) is 24.4 Å². The Morgan fingerprint density at radius 3 is 2.54 bits per heavy atom. The van der Waals surface area contributed by atoms with Gasteiger partial charge in [0.2, 0.25) is 0 Å². The Balaban J connectivity index is 1.55. The molecule has 28 heavy (non-hydrogen) atoms. The van der Waals surface area contributed by atoms with Crippen LogP contribution >= 0.6 is 0 Å². The van der Waals surface area contributed by atoms with E-state index >= 15 is 0 Å². The van der Waals surface area contributed by atoms with Crippen LogP contribution in [0.25, 0.3) is 0 Å². The lowest BCUT2D eigenvalue weighted by atomic mass is 10.2. The van der Waals surface area contributed by atoms with E-state index in [2.05, 4.69) is 15.0 Å². The second kappa shape index (κ2) is 8.22. The van der Waals surface area contributed by atoms with Gasteiger partial charge in [0.05, 0.1) is 4.90 Å². The number of ether oxygens (including phenoxy) is 1. The molecule has 1 atom stereocenters. The Hall–Kier alpha value is -3.20. The first kappa shape index (κ1) is 19.6. The van der Waals surface area contributed by atoms with Crippen LogP contribution < -0.4 is 10.0 Å². The summed E-state index contributed by atoms with van der Waals surface area (Å²) in [5.74, 6) is -1.09. The second-order valence-electron chi connectivity index (χ2n) is 6.13. The van der Waals surface area contributed by atoms with Crippen molar-refractivity contribution in [1.29, 1.82) is 0 Å². The first-order valence-electron chi connectivity index (χ1n) is 8.54. The van der Waals surface area contributed by atoms with Crippen LogP contribution in [0.15, 0.2) is 64.5 Å². The van der Waals surface area contributed by atoms with E-state index in [1.807, 2.05) is 30.3 Å². The minimum absolute atomic E-state index is 0.0774. The molecule has 0 radical (unpaired) electrons. The summed E-state index contributed by atoms with van der Waals surface area (Å²) in [6, 6.07) is 14.7. The van der Waals surface area contributed by atoms with Crippen LogP contribution in [0.4, 0.5) is 0 Å². The number of benzene rings is 2. The van der Waals surface area contributed by atoms with Crippen LogP contribution in [-0.2, 0) is 30.9 Å². The summed E-state index contributed by atoms with van der Waals surface area (Å²) in [6.45, 7) is 1.35. The number of sulfonamides is 1. The highest BCUT2D eigenvalue weighted by Crippen LogP contribution is 2.22. The fraction of sp³-hybridized carbons (Fsp3) is 0.211. The Labute approximate surface area is 162 Å². The lowest BCUT2D eigenvalue weighted by molar-refractivity contribution is -0.149. The fourth-order valence-electron chi connectivity index (χ4n) is 2.58. The molecule has 2 aromatic carbocycles. The molecule has 1 heterocycles. The first-order chi connectivity index (χ1) is 13.4. The van der Waals surface area contributed by atoms with Gasteiger partial charge in [-0.15, -0.1) is 0 Å². The summed E-state index contributed by atoms with van der Waals surface area (Å²) in [7, 11) is -3.68. The third kappa shape index (κ3) is 4.55. The Morgan fingerprint density at radius 2 is 1.79 bits per heavy atom. The molecule has 0 saturated heterocycles. The zero-order valence-corrected chi connectivity index (χ0v) is 15.9. The number of esters is 1. The van der Waals surface area contributed by atoms with E-state index in [9.17, 15) is 18.0 Å². The second-order valence-corrected chi connectivity index (χ2v) is 7.78. The monoisotopic (exact) mass is 401 g/mol. The van der Waals surface area contributed by atoms with Gasteiger partial charge in [0, 0.05) is 12.1 Å². The van der Waals surface area contributed by atoms with Crippen molar-refractivity contribution in [3.05, 3.63) is 65.7 Å². The summed E-state index contributed by atoms with van der Waals surface area (Å²) in [6.07, 6.45) is 0. The lowest BCUT2D eigenvalue weighted by Crippen LogP contribution is -2.31. The molecular formula is C19H19N3O5S. The topological polar surface area (TPSA) is 114 Å². The summed E-state index contributed by atoms with van der Waals surface area (Å²) in [5, 5.41) is 2.65. The van der Waals surface area contributed by atoms with E-state index in [0.717, 1.165) is 5.56 Å². The molecule has 1 aliphatic heterocycles. The van der Waals surface area contributed by atoms with Crippen molar-refractivity contribution in [2.24, 2.45) is 4.99 Å². The highest BCUT2D eigenvalue weighted by Gasteiger charge is 2.31. The number of carbonyl (C=O) groups excluding carboxylic acids is 2. The molecule has 2 aromatic rings. The fourth-order valence-corrected chi connectivity index (χ4v) is 3.82. The van der Waals surface area contributed by atoms with Crippen molar-refractivity contribution < 1.29 is 22.7 Å². The molecule has 0 aliphatic carbocycles. The van der Waals surface area contributed by atoms with Gasteiger partial charge in [-0.25, -0.2) is 13.2 Å². The predicted molar refractivity (Wildman–Crippen MR) is 102 cm³/mol. The van der Waals surface area contributed by atoms with Gasteiger partial charge in [-0.1, -0.05) is 42.5 Å². The van der Waals surface area contributed by atoms with Gasteiger partial charge in [0.25, 0.3) is 15.9 Å².